The Hall–Kier alpha value is -1.81. The lowest BCUT2D eigenvalue weighted by atomic mass is 9.94. The lowest BCUT2D eigenvalue weighted by Gasteiger charge is -2.33. The van der Waals surface area contributed by atoms with Crippen LogP contribution in [0.4, 0.5) is 4.39 Å². The van der Waals surface area contributed by atoms with Crippen molar-refractivity contribution in [2.24, 2.45) is 5.92 Å². The number of piperidine rings is 1. The summed E-state index contributed by atoms with van der Waals surface area (Å²) in [7, 11) is -3.68. The minimum Gasteiger partial charge on any atom is -0.336 e. The summed E-state index contributed by atoms with van der Waals surface area (Å²) in [5.74, 6) is 0.769. The minimum absolute atomic E-state index is 0.0164. The van der Waals surface area contributed by atoms with Gasteiger partial charge >= 0.3 is 0 Å². The van der Waals surface area contributed by atoms with Crippen molar-refractivity contribution in [3.63, 3.8) is 0 Å². The largest absolute Gasteiger partial charge is 0.336 e. The van der Waals surface area contributed by atoms with Crippen LogP contribution in [0, 0.1) is 5.92 Å². The second-order valence-electron chi connectivity index (χ2n) is 7.01. The third-order valence-corrected chi connectivity index (χ3v) is 6.38. The fraction of sp³-hybridized carbons (Fsp3) is 0.688. The van der Waals surface area contributed by atoms with Crippen LogP contribution in [0.15, 0.2) is 21.8 Å². The Morgan fingerprint density at radius 3 is 2.62 bits per heavy atom. The molecule has 0 N–H and O–H groups in total. The van der Waals surface area contributed by atoms with E-state index in [2.05, 4.69) is 15.2 Å². The van der Waals surface area contributed by atoms with Gasteiger partial charge in [-0.3, -0.25) is 4.68 Å². The Morgan fingerprint density at radius 2 is 2.04 bits per heavy atom. The fourth-order valence-electron chi connectivity index (χ4n) is 2.98. The van der Waals surface area contributed by atoms with Gasteiger partial charge in [0.15, 0.2) is 11.5 Å². The van der Waals surface area contributed by atoms with Crippen LogP contribution in [0.1, 0.15) is 45.3 Å². The molecule has 10 heteroatoms. The normalized spacial score (nSPS) is 18.5. The Balaban J connectivity index is 1.70. The molecular weight excluding hydrogens is 361 g/mol. The van der Waals surface area contributed by atoms with Gasteiger partial charge in [0.05, 0.1) is 6.20 Å². The van der Waals surface area contributed by atoms with E-state index in [9.17, 15) is 8.42 Å². The van der Waals surface area contributed by atoms with Gasteiger partial charge in [0.2, 0.25) is 10.0 Å². The molecule has 1 aliphatic heterocycles. The quantitative estimate of drug-likeness (QED) is 0.756. The third kappa shape index (κ3) is 3.66. The van der Waals surface area contributed by atoms with Crippen molar-refractivity contribution in [3.05, 3.63) is 24.1 Å². The van der Waals surface area contributed by atoms with E-state index in [0.29, 0.717) is 24.7 Å². The van der Waals surface area contributed by atoms with Gasteiger partial charge in [0, 0.05) is 45.1 Å². The fourth-order valence-corrected chi connectivity index (χ4v) is 4.38. The highest BCUT2D eigenvalue weighted by atomic mass is 32.2. The average molecular weight is 385 g/mol. The lowest BCUT2D eigenvalue weighted by molar-refractivity contribution is 0.0511. The zero-order valence-corrected chi connectivity index (χ0v) is 16.0. The van der Waals surface area contributed by atoms with Crippen molar-refractivity contribution in [2.45, 2.75) is 57.1 Å². The first-order valence-electron chi connectivity index (χ1n) is 8.79. The van der Waals surface area contributed by atoms with Crippen LogP contribution < -0.4 is 0 Å². The number of hydrogen-bond acceptors (Lipinski definition) is 6. The molecule has 3 rings (SSSR count). The molecule has 144 valence electrons. The number of aryl methyl sites for hydroxylation is 1. The monoisotopic (exact) mass is 385 g/mol. The van der Waals surface area contributed by atoms with Gasteiger partial charge in [0.25, 0.3) is 5.89 Å². The van der Waals surface area contributed by atoms with Gasteiger partial charge in [0.1, 0.15) is 4.90 Å². The minimum atomic E-state index is -3.68. The van der Waals surface area contributed by atoms with E-state index in [-0.39, 0.29) is 36.7 Å². The summed E-state index contributed by atoms with van der Waals surface area (Å²) in [5.41, 5.74) is -1.79. The van der Waals surface area contributed by atoms with E-state index in [1.165, 1.54) is 16.7 Å². The first-order valence-corrected chi connectivity index (χ1v) is 10.2. The van der Waals surface area contributed by atoms with Crippen LogP contribution in [0.2, 0.25) is 0 Å². The Labute approximate surface area is 152 Å². The third-order valence-electron chi connectivity index (χ3n) is 4.53. The number of aromatic nitrogens is 4. The van der Waals surface area contributed by atoms with E-state index in [1.807, 2.05) is 20.8 Å². The molecule has 0 saturated carbocycles. The number of alkyl halides is 1. The van der Waals surface area contributed by atoms with E-state index in [0.717, 1.165) is 0 Å². The van der Waals surface area contributed by atoms with Gasteiger partial charge in [-0.2, -0.15) is 14.4 Å². The molecule has 0 aliphatic carbocycles. The molecule has 3 heterocycles. The summed E-state index contributed by atoms with van der Waals surface area (Å²) in [6.07, 6.45) is 3.39. The van der Waals surface area contributed by atoms with Crippen LogP contribution in [-0.4, -0.2) is 45.7 Å². The van der Waals surface area contributed by atoms with Gasteiger partial charge in [-0.25, -0.2) is 12.8 Å². The van der Waals surface area contributed by atoms with Crippen LogP contribution in [0.3, 0.4) is 0 Å². The summed E-state index contributed by atoms with van der Waals surface area (Å²) < 4.78 is 48.6. The lowest BCUT2D eigenvalue weighted by Crippen LogP contribution is -2.43. The van der Waals surface area contributed by atoms with Crippen LogP contribution in [-0.2, 0) is 28.7 Å². The molecule has 0 unspecified atom stereocenters. The van der Waals surface area contributed by atoms with Crippen LogP contribution in [0.5, 0.6) is 0 Å². The standard InChI is InChI=1S/C16H24FN5O3S/c1-4-21-11-13(10-18-21)26(23,24)22-7-5-16(17,6-8-22)15-19-14(20-25-15)9-12(2)3/h10-12H,4-9H2,1-3H3. The van der Waals surface area contributed by atoms with E-state index in [1.54, 1.807) is 4.68 Å². The number of nitrogens with zero attached hydrogens (tertiary/aromatic N) is 5. The number of halogens is 1. The van der Waals surface area contributed by atoms with Crippen LogP contribution >= 0.6 is 0 Å². The molecule has 1 saturated heterocycles. The maximum absolute atomic E-state index is 15.2. The summed E-state index contributed by atoms with van der Waals surface area (Å²) in [4.78, 5) is 4.30. The van der Waals surface area contributed by atoms with Crippen LogP contribution in [0.25, 0.3) is 0 Å². The summed E-state index contributed by atoms with van der Waals surface area (Å²) in [5, 5.41) is 7.84. The number of hydrogen-bond donors (Lipinski definition) is 0. The predicted molar refractivity (Wildman–Crippen MR) is 91.5 cm³/mol. The highest BCUT2D eigenvalue weighted by molar-refractivity contribution is 7.89. The molecule has 2 aromatic rings. The molecule has 1 aliphatic rings. The molecule has 8 nitrogen and oxygen atoms in total. The smallest absolute Gasteiger partial charge is 0.264 e. The van der Waals surface area contributed by atoms with Crippen molar-refractivity contribution in [1.29, 1.82) is 0 Å². The van der Waals surface area contributed by atoms with Crippen molar-refractivity contribution in [1.82, 2.24) is 24.2 Å². The molecule has 0 bridgehead atoms. The maximum Gasteiger partial charge on any atom is 0.264 e. The first kappa shape index (κ1) is 19.0. The summed E-state index contributed by atoms with van der Waals surface area (Å²) >= 11 is 0. The first-order chi connectivity index (χ1) is 12.2. The summed E-state index contributed by atoms with van der Waals surface area (Å²) in [6, 6.07) is 0. The molecular formula is C16H24FN5O3S. The molecule has 0 radical (unpaired) electrons. The number of rotatable bonds is 6. The topological polar surface area (TPSA) is 94.1 Å². The predicted octanol–water partition coefficient (Wildman–Crippen LogP) is 2.13. The molecule has 0 spiro atoms. The SMILES string of the molecule is CCn1cc(S(=O)(=O)N2CCC(F)(c3nc(CC(C)C)no3)CC2)cn1. The van der Waals surface area contributed by atoms with Crippen molar-refractivity contribution >= 4 is 10.0 Å². The van der Waals surface area contributed by atoms with Gasteiger partial charge < -0.3 is 4.52 Å². The molecule has 1 fully saturated rings. The molecule has 26 heavy (non-hydrogen) atoms. The van der Waals surface area contributed by atoms with Gasteiger partial charge in [-0.05, 0) is 12.8 Å². The molecule has 0 amide bonds. The highest BCUT2D eigenvalue weighted by Crippen LogP contribution is 2.37. The Bertz CT molecular complexity index is 853. The van der Waals surface area contributed by atoms with Gasteiger partial charge in [-0.1, -0.05) is 19.0 Å². The molecule has 2 aromatic heterocycles. The van der Waals surface area contributed by atoms with E-state index >= 15 is 4.39 Å². The highest BCUT2D eigenvalue weighted by Gasteiger charge is 2.44. The average Bonchev–Trinajstić information content (AvgIpc) is 3.24. The maximum atomic E-state index is 15.2. The number of sulfonamides is 1. The van der Waals surface area contributed by atoms with Crippen molar-refractivity contribution < 1.29 is 17.3 Å². The summed E-state index contributed by atoms with van der Waals surface area (Å²) in [6.45, 7) is 6.60. The van der Waals surface area contributed by atoms with Crippen molar-refractivity contribution in [2.75, 3.05) is 13.1 Å². The second-order valence-corrected chi connectivity index (χ2v) is 8.95. The van der Waals surface area contributed by atoms with E-state index < -0.39 is 15.7 Å². The molecule has 0 aromatic carbocycles. The molecule has 0 atom stereocenters. The zero-order valence-electron chi connectivity index (χ0n) is 15.2. The van der Waals surface area contributed by atoms with E-state index in [4.69, 9.17) is 4.52 Å². The Morgan fingerprint density at radius 1 is 1.35 bits per heavy atom. The Kier molecular flexibility index (Phi) is 5.16. The van der Waals surface area contributed by atoms with Crippen molar-refractivity contribution in [3.8, 4) is 0 Å². The second kappa shape index (κ2) is 7.07. The zero-order chi connectivity index (χ0) is 18.9. The van der Waals surface area contributed by atoms with Gasteiger partial charge in [-0.15, -0.1) is 0 Å².